The standard InChI is InChI=1S/C22H17N3O4/c1-13-20(14(2)25(24-13)17-6-4-3-5-7-17)21(27)22(28)23-16-9-10-18-15(12-16)8-11-19(26)29-18/h3-12H,1-2H3,(H,23,28). The lowest BCUT2D eigenvalue weighted by Crippen LogP contribution is -2.24. The molecule has 2 heterocycles. The van der Waals surface area contributed by atoms with Crippen molar-refractivity contribution in [2.75, 3.05) is 5.32 Å². The maximum absolute atomic E-state index is 12.8. The van der Waals surface area contributed by atoms with Crippen LogP contribution >= 0.6 is 0 Å². The van der Waals surface area contributed by atoms with Crippen LogP contribution in [-0.4, -0.2) is 21.5 Å². The van der Waals surface area contributed by atoms with Crippen molar-refractivity contribution in [2.45, 2.75) is 13.8 Å². The Kier molecular flexibility index (Phi) is 4.56. The van der Waals surface area contributed by atoms with E-state index < -0.39 is 17.3 Å². The Morgan fingerprint density at radius 2 is 1.76 bits per heavy atom. The number of carbonyl (C=O) groups excluding carboxylic acids is 2. The van der Waals surface area contributed by atoms with Gasteiger partial charge in [0.25, 0.3) is 11.7 Å². The fourth-order valence-corrected chi connectivity index (χ4v) is 3.24. The number of aromatic nitrogens is 2. The lowest BCUT2D eigenvalue weighted by Gasteiger charge is -2.07. The van der Waals surface area contributed by atoms with E-state index in [1.807, 2.05) is 30.3 Å². The molecule has 1 N–H and O–H groups in total. The van der Waals surface area contributed by atoms with Gasteiger partial charge in [-0.2, -0.15) is 5.10 Å². The van der Waals surface area contributed by atoms with Crippen LogP contribution in [0.3, 0.4) is 0 Å². The van der Waals surface area contributed by atoms with Crippen LogP contribution in [0.25, 0.3) is 16.7 Å². The number of nitrogens with zero attached hydrogens (tertiary/aromatic N) is 2. The highest BCUT2D eigenvalue weighted by Crippen LogP contribution is 2.21. The van der Waals surface area contributed by atoms with Crippen molar-refractivity contribution in [3.63, 3.8) is 0 Å². The molecule has 0 bridgehead atoms. The Morgan fingerprint density at radius 1 is 1.00 bits per heavy atom. The van der Waals surface area contributed by atoms with Gasteiger partial charge >= 0.3 is 5.63 Å². The first kappa shape index (κ1) is 18.4. The summed E-state index contributed by atoms with van der Waals surface area (Å²) in [5.74, 6) is -1.43. The predicted molar refractivity (Wildman–Crippen MR) is 108 cm³/mol. The van der Waals surface area contributed by atoms with E-state index in [2.05, 4.69) is 10.4 Å². The number of anilines is 1. The second-order valence-corrected chi connectivity index (χ2v) is 6.58. The molecule has 0 spiro atoms. The fourth-order valence-electron chi connectivity index (χ4n) is 3.24. The van der Waals surface area contributed by atoms with Gasteiger partial charge in [-0.3, -0.25) is 9.59 Å². The molecule has 4 rings (SSSR count). The normalized spacial score (nSPS) is 10.8. The molecule has 4 aromatic rings. The third-order valence-electron chi connectivity index (χ3n) is 4.60. The molecule has 2 aromatic carbocycles. The van der Waals surface area contributed by atoms with Crippen molar-refractivity contribution in [3.05, 3.63) is 88.0 Å². The van der Waals surface area contributed by atoms with Gasteiger partial charge in [-0.25, -0.2) is 9.48 Å². The number of ketones is 1. The highest BCUT2D eigenvalue weighted by molar-refractivity contribution is 6.47. The van der Waals surface area contributed by atoms with Gasteiger partial charge in [0.2, 0.25) is 0 Å². The summed E-state index contributed by atoms with van der Waals surface area (Å²) in [6.45, 7) is 3.45. The molecular formula is C22H17N3O4. The summed E-state index contributed by atoms with van der Waals surface area (Å²) >= 11 is 0. The van der Waals surface area contributed by atoms with E-state index in [0.29, 0.717) is 28.0 Å². The molecule has 29 heavy (non-hydrogen) atoms. The minimum Gasteiger partial charge on any atom is -0.423 e. The number of para-hydroxylation sites is 1. The van der Waals surface area contributed by atoms with Crippen molar-refractivity contribution in [1.29, 1.82) is 0 Å². The summed E-state index contributed by atoms with van der Waals surface area (Å²) < 4.78 is 6.72. The molecule has 0 fully saturated rings. The van der Waals surface area contributed by atoms with Crippen molar-refractivity contribution in [2.24, 2.45) is 0 Å². The number of amides is 1. The fraction of sp³-hybridized carbons (Fsp3) is 0.0909. The molecule has 1 amide bonds. The first-order valence-electron chi connectivity index (χ1n) is 8.95. The van der Waals surface area contributed by atoms with Crippen LogP contribution in [0, 0.1) is 13.8 Å². The number of carbonyl (C=O) groups is 2. The predicted octanol–water partition coefficient (Wildman–Crippen LogP) is 3.42. The first-order chi connectivity index (χ1) is 13.9. The maximum Gasteiger partial charge on any atom is 0.336 e. The average Bonchev–Trinajstić information content (AvgIpc) is 3.02. The van der Waals surface area contributed by atoms with Crippen LogP contribution < -0.4 is 10.9 Å². The van der Waals surface area contributed by atoms with Crippen LogP contribution in [-0.2, 0) is 4.79 Å². The van der Waals surface area contributed by atoms with Gasteiger partial charge in [0, 0.05) is 17.1 Å². The van der Waals surface area contributed by atoms with Gasteiger partial charge < -0.3 is 9.73 Å². The molecule has 0 aliphatic carbocycles. The molecule has 2 aromatic heterocycles. The van der Waals surface area contributed by atoms with E-state index in [9.17, 15) is 14.4 Å². The maximum atomic E-state index is 12.8. The van der Waals surface area contributed by atoms with E-state index >= 15 is 0 Å². The minimum atomic E-state index is -0.763. The Hall–Kier alpha value is -4.00. The second kappa shape index (κ2) is 7.20. The summed E-state index contributed by atoms with van der Waals surface area (Å²) in [6.07, 6.45) is 0. The van der Waals surface area contributed by atoms with Gasteiger partial charge in [-0.1, -0.05) is 18.2 Å². The van der Waals surface area contributed by atoms with Crippen LogP contribution in [0.4, 0.5) is 5.69 Å². The van der Waals surface area contributed by atoms with E-state index in [1.165, 1.54) is 6.07 Å². The zero-order valence-corrected chi connectivity index (χ0v) is 15.8. The highest BCUT2D eigenvalue weighted by Gasteiger charge is 2.25. The third kappa shape index (κ3) is 3.45. The van der Waals surface area contributed by atoms with Crippen LogP contribution in [0.1, 0.15) is 21.7 Å². The molecule has 0 saturated carbocycles. The Balaban J connectivity index is 1.62. The zero-order valence-electron chi connectivity index (χ0n) is 15.8. The van der Waals surface area contributed by atoms with Crippen LogP contribution in [0.15, 0.2) is 69.9 Å². The molecule has 0 aliphatic rings. The van der Waals surface area contributed by atoms with E-state index in [1.54, 1.807) is 42.8 Å². The molecule has 0 radical (unpaired) electrons. The van der Waals surface area contributed by atoms with Crippen molar-refractivity contribution in [3.8, 4) is 5.69 Å². The first-order valence-corrected chi connectivity index (χ1v) is 8.95. The summed E-state index contributed by atoms with van der Waals surface area (Å²) in [5.41, 5.74) is 2.53. The number of hydrogen-bond acceptors (Lipinski definition) is 5. The van der Waals surface area contributed by atoms with Gasteiger partial charge in [-0.05, 0) is 50.2 Å². The van der Waals surface area contributed by atoms with Crippen LogP contribution in [0.5, 0.6) is 0 Å². The Morgan fingerprint density at radius 3 is 2.52 bits per heavy atom. The monoisotopic (exact) mass is 387 g/mol. The topological polar surface area (TPSA) is 94.2 Å². The van der Waals surface area contributed by atoms with Crippen molar-refractivity contribution in [1.82, 2.24) is 9.78 Å². The van der Waals surface area contributed by atoms with Crippen molar-refractivity contribution >= 4 is 28.3 Å². The smallest absolute Gasteiger partial charge is 0.336 e. The molecule has 0 saturated heterocycles. The quantitative estimate of drug-likeness (QED) is 0.329. The molecular weight excluding hydrogens is 370 g/mol. The Bertz CT molecular complexity index is 1300. The lowest BCUT2D eigenvalue weighted by atomic mass is 10.1. The van der Waals surface area contributed by atoms with E-state index in [4.69, 9.17) is 4.42 Å². The van der Waals surface area contributed by atoms with Crippen molar-refractivity contribution < 1.29 is 14.0 Å². The number of fused-ring (bicyclic) bond motifs is 1. The minimum absolute atomic E-state index is 0.276. The number of benzene rings is 2. The number of nitrogens with one attached hydrogen (secondary N) is 1. The number of Topliss-reactive ketones (excluding diaryl/α,β-unsaturated/α-hetero) is 1. The molecule has 0 unspecified atom stereocenters. The summed E-state index contributed by atoms with van der Waals surface area (Å²) in [5, 5.41) is 7.66. The number of rotatable bonds is 4. The molecule has 144 valence electrons. The SMILES string of the molecule is Cc1nn(-c2ccccc2)c(C)c1C(=O)C(=O)Nc1ccc2oc(=O)ccc2c1. The van der Waals surface area contributed by atoms with E-state index in [0.717, 1.165) is 5.69 Å². The summed E-state index contributed by atoms with van der Waals surface area (Å²) in [4.78, 5) is 36.7. The molecule has 7 nitrogen and oxygen atoms in total. The molecule has 0 aliphatic heterocycles. The lowest BCUT2D eigenvalue weighted by molar-refractivity contribution is -0.112. The molecule has 7 heteroatoms. The summed E-state index contributed by atoms with van der Waals surface area (Å²) in [7, 11) is 0. The summed E-state index contributed by atoms with van der Waals surface area (Å²) in [6, 6.07) is 17.1. The Labute approximate surface area is 165 Å². The third-order valence-corrected chi connectivity index (χ3v) is 4.60. The van der Waals surface area contributed by atoms with Gasteiger partial charge in [-0.15, -0.1) is 0 Å². The molecule has 0 atom stereocenters. The van der Waals surface area contributed by atoms with Gasteiger partial charge in [0.05, 0.1) is 22.6 Å². The largest absolute Gasteiger partial charge is 0.423 e. The second-order valence-electron chi connectivity index (χ2n) is 6.58. The van der Waals surface area contributed by atoms with Gasteiger partial charge in [0.1, 0.15) is 5.58 Å². The zero-order chi connectivity index (χ0) is 20.5. The van der Waals surface area contributed by atoms with E-state index in [-0.39, 0.29) is 5.56 Å². The number of aryl methyl sites for hydroxylation is 1. The van der Waals surface area contributed by atoms with Crippen LogP contribution in [0.2, 0.25) is 0 Å². The average molecular weight is 387 g/mol. The van der Waals surface area contributed by atoms with Gasteiger partial charge in [0.15, 0.2) is 0 Å². The highest BCUT2D eigenvalue weighted by atomic mass is 16.4. The number of hydrogen-bond donors (Lipinski definition) is 1.